The van der Waals surface area contributed by atoms with Crippen LogP contribution in [-0.2, 0) is 11.2 Å². The number of hydrogen-bond acceptors (Lipinski definition) is 8. The lowest BCUT2D eigenvalue weighted by Gasteiger charge is -2.36. The maximum absolute atomic E-state index is 12.9. The van der Waals surface area contributed by atoms with E-state index in [1.54, 1.807) is 12.1 Å². The number of nitrogens with zero attached hydrogens (tertiary/aromatic N) is 6. The van der Waals surface area contributed by atoms with Crippen molar-refractivity contribution in [2.45, 2.75) is 6.42 Å². The molecule has 2 aliphatic heterocycles. The van der Waals surface area contributed by atoms with Crippen molar-refractivity contribution in [1.82, 2.24) is 15.2 Å². The van der Waals surface area contributed by atoms with Crippen LogP contribution in [0.4, 0.5) is 16.5 Å². The third-order valence-corrected chi connectivity index (χ3v) is 6.88. The summed E-state index contributed by atoms with van der Waals surface area (Å²) in [4.78, 5) is 40.8. The second-order valence-corrected chi connectivity index (χ2v) is 9.35. The largest absolute Gasteiger partial charge is 0.368 e. The lowest BCUT2D eigenvalue weighted by Crippen LogP contribution is -2.49. The highest BCUT2D eigenvalue weighted by molar-refractivity contribution is 7.80. The van der Waals surface area contributed by atoms with Gasteiger partial charge < -0.3 is 15.1 Å². The highest BCUT2D eigenvalue weighted by Gasteiger charge is 2.26. The van der Waals surface area contributed by atoms with Gasteiger partial charge in [0.25, 0.3) is 5.69 Å². The molecule has 3 aliphatic rings. The average Bonchev–Trinajstić information content (AvgIpc) is 3.30. The number of thiocarbonyl (C=S) groups is 1. The van der Waals surface area contributed by atoms with Gasteiger partial charge in [-0.15, -0.1) is 11.3 Å². The fraction of sp³-hybridized carbons (Fsp3) is 0.261. The van der Waals surface area contributed by atoms with Crippen LogP contribution < -0.4 is 10.2 Å². The molecule has 12 heteroatoms. The molecular formula is C23H21N7O3S2. The van der Waals surface area contributed by atoms with Gasteiger partial charge in [0.1, 0.15) is 5.84 Å². The summed E-state index contributed by atoms with van der Waals surface area (Å²) in [6.07, 6.45) is 7.99. The minimum atomic E-state index is -0.410. The number of allylic oxidation sites excluding steroid dienone is 3. The number of aliphatic imine (C=N–C) groups is 2. The minimum absolute atomic E-state index is 0.0181. The molecule has 1 aromatic heterocycles. The van der Waals surface area contributed by atoms with Gasteiger partial charge in [0.2, 0.25) is 11.0 Å². The number of anilines is 1. The smallest absolute Gasteiger partial charge is 0.269 e. The molecule has 0 spiro atoms. The predicted molar refractivity (Wildman–Crippen MR) is 140 cm³/mol. The Hall–Kier alpha value is -3.77. The van der Waals surface area contributed by atoms with Crippen molar-refractivity contribution >= 4 is 62.6 Å². The molecule has 0 radical (unpaired) electrons. The van der Waals surface area contributed by atoms with E-state index in [4.69, 9.17) is 12.2 Å². The first-order valence-corrected chi connectivity index (χ1v) is 12.3. The number of thiazole rings is 1. The van der Waals surface area contributed by atoms with Crippen LogP contribution >= 0.6 is 23.6 Å². The number of aromatic nitrogens is 1. The Kier molecular flexibility index (Phi) is 6.47. The molecule has 1 unspecified atom stereocenters. The van der Waals surface area contributed by atoms with Crippen molar-refractivity contribution in [3.8, 4) is 0 Å². The van der Waals surface area contributed by atoms with Crippen LogP contribution in [0.2, 0.25) is 0 Å². The van der Waals surface area contributed by atoms with Crippen LogP contribution in [0.1, 0.15) is 5.69 Å². The van der Waals surface area contributed by atoms with Gasteiger partial charge in [-0.2, -0.15) is 0 Å². The summed E-state index contributed by atoms with van der Waals surface area (Å²) >= 11 is 6.60. The van der Waals surface area contributed by atoms with Crippen molar-refractivity contribution in [1.29, 1.82) is 0 Å². The van der Waals surface area contributed by atoms with Crippen molar-refractivity contribution in [2.24, 2.45) is 15.9 Å². The number of nitrogens with one attached hydrogen (secondary N) is 1. The Morgan fingerprint density at radius 3 is 2.74 bits per heavy atom. The van der Waals surface area contributed by atoms with Crippen LogP contribution in [-0.4, -0.2) is 63.6 Å². The van der Waals surface area contributed by atoms with E-state index in [0.29, 0.717) is 48.0 Å². The van der Waals surface area contributed by atoms with Crippen molar-refractivity contribution in [2.75, 3.05) is 31.1 Å². The molecule has 2 aromatic rings. The number of amides is 1. The van der Waals surface area contributed by atoms with E-state index in [-0.39, 0.29) is 23.9 Å². The number of nitro benzene ring substituents is 1. The number of rotatable bonds is 5. The topological polar surface area (TPSA) is 116 Å². The average molecular weight is 508 g/mol. The van der Waals surface area contributed by atoms with Crippen LogP contribution in [0, 0.1) is 16.0 Å². The molecule has 1 N–H and O–H groups in total. The summed E-state index contributed by atoms with van der Waals surface area (Å²) in [5.41, 5.74) is 2.51. The second kappa shape index (κ2) is 9.84. The lowest BCUT2D eigenvalue weighted by atomic mass is 9.96. The van der Waals surface area contributed by atoms with Crippen LogP contribution in [0.5, 0.6) is 0 Å². The Morgan fingerprint density at radius 2 is 2.00 bits per heavy atom. The molecule has 1 aromatic carbocycles. The number of non-ortho nitro benzene ring substituents is 1. The highest BCUT2D eigenvalue weighted by Crippen LogP contribution is 2.24. The van der Waals surface area contributed by atoms with Gasteiger partial charge in [0, 0.05) is 49.4 Å². The zero-order chi connectivity index (χ0) is 24.4. The molecule has 1 amide bonds. The van der Waals surface area contributed by atoms with Gasteiger partial charge in [0.05, 0.1) is 28.7 Å². The molecule has 35 heavy (non-hydrogen) atoms. The second-order valence-electron chi connectivity index (χ2n) is 8.13. The van der Waals surface area contributed by atoms with Gasteiger partial charge in [-0.1, -0.05) is 18.2 Å². The molecule has 1 atom stereocenters. The molecule has 1 aliphatic carbocycles. The first kappa shape index (κ1) is 23.0. The number of carbonyl (C=O) groups is 1. The number of carbonyl (C=O) groups excluding carboxylic acids is 1. The predicted octanol–water partition coefficient (Wildman–Crippen LogP) is 3.04. The quantitative estimate of drug-likeness (QED) is 0.376. The Morgan fingerprint density at radius 1 is 1.23 bits per heavy atom. The van der Waals surface area contributed by atoms with E-state index >= 15 is 0 Å². The van der Waals surface area contributed by atoms with Crippen molar-refractivity contribution in [3.63, 3.8) is 0 Å². The zero-order valence-electron chi connectivity index (χ0n) is 18.5. The van der Waals surface area contributed by atoms with Crippen molar-refractivity contribution < 1.29 is 9.72 Å². The normalized spacial score (nSPS) is 20.5. The van der Waals surface area contributed by atoms with Crippen LogP contribution in [0.25, 0.3) is 0 Å². The number of piperazine rings is 1. The zero-order valence-corrected chi connectivity index (χ0v) is 20.2. The van der Waals surface area contributed by atoms with E-state index in [0.717, 1.165) is 11.4 Å². The van der Waals surface area contributed by atoms with Gasteiger partial charge in [-0.3, -0.25) is 14.9 Å². The number of fused-ring (bicyclic) bond motifs is 1. The number of benzene rings is 1. The van der Waals surface area contributed by atoms with Crippen molar-refractivity contribution in [3.05, 3.63) is 69.8 Å². The third kappa shape index (κ3) is 5.17. The molecule has 1 saturated heterocycles. The fourth-order valence-electron chi connectivity index (χ4n) is 4.10. The summed E-state index contributed by atoms with van der Waals surface area (Å²) in [6, 6.07) is 6.49. The minimum Gasteiger partial charge on any atom is -0.368 e. The van der Waals surface area contributed by atoms with Crippen LogP contribution in [0.3, 0.4) is 0 Å². The number of nitro groups is 1. The summed E-state index contributed by atoms with van der Waals surface area (Å²) in [6.45, 7) is 2.50. The van der Waals surface area contributed by atoms with Gasteiger partial charge in [0.15, 0.2) is 5.11 Å². The SMILES string of the molecule is O=C(Cc1csc(/N=C2\NC(=S)N=C3C=CC=CC32)n1)N1CCN(c2ccc([N+](=O)[O-])cc2)CC1. The molecule has 1 fully saturated rings. The van der Waals surface area contributed by atoms with Gasteiger partial charge in [-0.05, 0) is 30.4 Å². The molecule has 10 nitrogen and oxygen atoms in total. The molecule has 0 bridgehead atoms. The first-order valence-electron chi connectivity index (χ1n) is 11.0. The van der Waals surface area contributed by atoms with E-state index in [2.05, 4.69) is 25.2 Å². The molecule has 0 saturated carbocycles. The Bertz CT molecular complexity index is 1290. The maximum Gasteiger partial charge on any atom is 0.269 e. The molecular weight excluding hydrogens is 486 g/mol. The Labute approximate surface area is 210 Å². The summed E-state index contributed by atoms with van der Waals surface area (Å²) in [7, 11) is 0. The highest BCUT2D eigenvalue weighted by atomic mass is 32.1. The fourth-order valence-corrected chi connectivity index (χ4v) is 5.01. The molecule has 178 valence electrons. The summed E-state index contributed by atoms with van der Waals surface area (Å²) in [5.74, 6) is 0.604. The monoisotopic (exact) mass is 507 g/mol. The molecule has 5 rings (SSSR count). The van der Waals surface area contributed by atoms with Gasteiger partial charge in [-0.25, -0.2) is 15.0 Å². The summed E-state index contributed by atoms with van der Waals surface area (Å²) in [5, 5.41) is 16.7. The van der Waals surface area contributed by atoms with E-state index in [1.807, 2.05) is 34.6 Å². The van der Waals surface area contributed by atoms with E-state index in [1.165, 1.54) is 23.5 Å². The number of amidine groups is 1. The number of hydrogen-bond donors (Lipinski definition) is 1. The van der Waals surface area contributed by atoms with E-state index < -0.39 is 4.92 Å². The van der Waals surface area contributed by atoms with E-state index in [9.17, 15) is 14.9 Å². The summed E-state index contributed by atoms with van der Waals surface area (Å²) < 4.78 is 0. The van der Waals surface area contributed by atoms with Gasteiger partial charge >= 0.3 is 0 Å². The molecule has 3 heterocycles. The Balaban J connectivity index is 1.18. The maximum atomic E-state index is 12.9. The standard InChI is InChI=1S/C23H21N7O3S2/c31-20(29-11-9-28(10-12-29)16-5-7-17(8-6-16)30(32)33)13-15-14-35-23(24-15)27-21-18-3-1-2-4-19(18)25-22(34)26-21/h1-8,14,18H,9-13H2,(H,24,26,27,34). The van der Waals surface area contributed by atoms with Crippen LogP contribution in [0.15, 0.2) is 63.9 Å². The first-order chi connectivity index (χ1) is 17.0. The lowest BCUT2D eigenvalue weighted by molar-refractivity contribution is -0.384. The third-order valence-electron chi connectivity index (χ3n) is 5.91.